The standard InChI is InChI=1S/C10H12NP/c1-9(2)11-8-12-10-6-4-3-5-7-10/h3-7,9H,1-2H3. The van der Waals surface area contributed by atoms with Crippen molar-refractivity contribution in [1.82, 2.24) is 0 Å². The van der Waals surface area contributed by atoms with Crippen molar-refractivity contribution in [2.24, 2.45) is 4.99 Å². The molecule has 0 amide bonds. The van der Waals surface area contributed by atoms with Crippen molar-refractivity contribution < 1.29 is 0 Å². The molecule has 0 N–H and O–H groups in total. The maximum Gasteiger partial charge on any atom is 0.0541 e. The number of aliphatic imine (C=N–C) groups is 1. The average molecular weight is 177 g/mol. The third-order valence-electron chi connectivity index (χ3n) is 1.25. The molecular weight excluding hydrogens is 165 g/mol. The molecule has 1 aromatic rings. The number of nitrogens with zero attached hydrogens (tertiary/aromatic N) is 1. The fourth-order valence-corrected chi connectivity index (χ4v) is 1.43. The summed E-state index contributed by atoms with van der Waals surface area (Å²) in [6.45, 7) is 4.10. The molecule has 62 valence electrons. The first-order valence-corrected chi connectivity index (χ1v) is 4.89. The minimum Gasteiger partial charge on any atom is -0.236 e. The van der Waals surface area contributed by atoms with Crippen LogP contribution in [0.4, 0.5) is 0 Å². The number of benzene rings is 1. The minimum absolute atomic E-state index is 0.348. The van der Waals surface area contributed by atoms with Crippen molar-refractivity contribution in [3.05, 3.63) is 30.3 Å². The second-order valence-electron chi connectivity index (χ2n) is 2.77. The molecule has 0 bridgehead atoms. The lowest BCUT2D eigenvalue weighted by Gasteiger charge is -1.88. The van der Waals surface area contributed by atoms with Crippen molar-refractivity contribution in [2.75, 3.05) is 0 Å². The molecule has 0 aliphatic heterocycles. The summed E-state index contributed by atoms with van der Waals surface area (Å²) in [6, 6.07) is 10.6. The first-order chi connectivity index (χ1) is 5.79. The van der Waals surface area contributed by atoms with Gasteiger partial charge in [-0.15, -0.1) is 0 Å². The van der Waals surface area contributed by atoms with Gasteiger partial charge in [0.1, 0.15) is 0 Å². The van der Waals surface area contributed by atoms with E-state index >= 15 is 0 Å². The average Bonchev–Trinajstić information content (AvgIpc) is 2.05. The Bertz CT molecular complexity index is 284. The van der Waals surface area contributed by atoms with E-state index in [0.29, 0.717) is 6.04 Å². The lowest BCUT2D eigenvalue weighted by molar-refractivity contribution is 0.844. The zero-order valence-electron chi connectivity index (χ0n) is 7.36. The lowest BCUT2D eigenvalue weighted by atomic mass is 10.4. The Hall–Kier alpha value is -0.900. The zero-order valence-corrected chi connectivity index (χ0v) is 8.25. The van der Waals surface area contributed by atoms with Crippen LogP contribution in [0.15, 0.2) is 35.3 Å². The van der Waals surface area contributed by atoms with Gasteiger partial charge in [-0.3, -0.25) is 0 Å². The molecule has 0 radical (unpaired) electrons. The predicted molar refractivity (Wildman–Crippen MR) is 55.6 cm³/mol. The number of hydrogen-bond acceptors (Lipinski definition) is 1. The second kappa shape index (κ2) is 4.87. The van der Waals surface area contributed by atoms with Crippen LogP contribution in [0.1, 0.15) is 13.8 Å². The van der Waals surface area contributed by atoms with E-state index in [1.807, 2.05) is 32.0 Å². The highest BCUT2D eigenvalue weighted by atomic mass is 31.1. The normalized spacial score (nSPS) is 9.92. The molecule has 0 atom stereocenters. The molecule has 0 heterocycles. The van der Waals surface area contributed by atoms with Crippen LogP contribution in [0.3, 0.4) is 0 Å². The molecule has 2 heteroatoms. The number of rotatable bonds is 2. The highest BCUT2D eigenvalue weighted by Crippen LogP contribution is 1.95. The van der Waals surface area contributed by atoms with E-state index in [4.69, 9.17) is 0 Å². The highest BCUT2D eigenvalue weighted by Gasteiger charge is 1.82. The monoisotopic (exact) mass is 177 g/mol. The quantitative estimate of drug-likeness (QED) is 0.486. The Labute approximate surface area is 75.0 Å². The summed E-state index contributed by atoms with van der Waals surface area (Å²) in [5.41, 5.74) is 3.00. The summed E-state index contributed by atoms with van der Waals surface area (Å²) >= 11 is 0. The van der Waals surface area contributed by atoms with E-state index in [1.165, 1.54) is 5.30 Å². The van der Waals surface area contributed by atoms with Crippen molar-refractivity contribution >= 4 is 19.1 Å². The summed E-state index contributed by atoms with van der Waals surface area (Å²) in [7, 11) is 1.06. The molecule has 0 aromatic heterocycles. The van der Waals surface area contributed by atoms with E-state index in [1.54, 1.807) is 0 Å². The van der Waals surface area contributed by atoms with Crippen LogP contribution in [0.5, 0.6) is 0 Å². The maximum absolute atomic E-state index is 4.16. The molecular formula is C10H12NP. The molecule has 0 saturated carbocycles. The minimum atomic E-state index is 0.348. The predicted octanol–water partition coefficient (Wildman–Crippen LogP) is 2.57. The molecule has 1 nitrogen and oxygen atoms in total. The smallest absolute Gasteiger partial charge is 0.0541 e. The number of hydrogen-bond donors (Lipinski definition) is 0. The molecule has 0 spiro atoms. The summed E-state index contributed by atoms with van der Waals surface area (Å²) in [5.74, 6) is 0. The van der Waals surface area contributed by atoms with Gasteiger partial charge in [0.15, 0.2) is 0 Å². The van der Waals surface area contributed by atoms with Crippen LogP contribution in [0, 0.1) is 0 Å². The summed E-state index contributed by atoms with van der Waals surface area (Å²) in [5, 5.41) is 1.24. The Morgan fingerprint density at radius 1 is 1.25 bits per heavy atom. The van der Waals surface area contributed by atoms with Crippen LogP contribution in [-0.4, -0.2) is 11.6 Å². The third-order valence-corrected chi connectivity index (χ3v) is 2.02. The van der Waals surface area contributed by atoms with Gasteiger partial charge in [-0.25, -0.2) is 4.99 Å². The van der Waals surface area contributed by atoms with Crippen LogP contribution in [0.2, 0.25) is 0 Å². The van der Waals surface area contributed by atoms with Gasteiger partial charge in [-0.2, -0.15) is 0 Å². The largest absolute Gasteiger partial charge is 0.236 e. The third kappa shape index (κ3) is 3.48. The Morgan fingerprint density at radius 3 is 2.50 bits per heavy atom. The van der Waals surface area contributed by atoms with Gasteiger partial charge in [-0.05, 0) is 26.0 Å². The molecule has 1 aromatic carbocycles. The molecule has 12 heavy (non-hydrogen) atoms. The molecule has 0 aliphatic carbocycles. The van der Waals surface area contributed by atoms with Crippen molar-refractivity contribution in [1.29, 1.82) is 0 Å². The lowest BCUT2D eigenvalue weighted by Crippen LogP contribution is -1.88. The zero-order chi connectivity index (χ0) is 8.81. The highest BCUT2D eigenvalue weighted by molar-refractivity contribution is 7.46. The van der Waals surface area contributed by atoms with Gasteiger partial charge < -0.3 is 0 Å². The van der Waals surface area contributed by atoms with Crippen LogP contribution in [0.25, 0.3) is 0 Å². The second-order valence-corrected chi connectivity index (χ2v) is 3.71. The van der Waals surface area contributed by atoms with Crippen molar-refractivity contribution in [3.8, 4) is 0 Å². The van der Waals surface area contributed by atoms with Gasteiger partial charge in [0.2, 0.25) is 0 Å². The summed E-state index contributed by atoms with van der Waals surface area (Å²) < 4.78 is 0. The van der Waals surface area contributed by atoms with Gasteiger partial charge in [0.05, 0.1) is 6.04 Å². The van der Waals surface area contributed by atoms with Gasteiger partial charge in [-0.1, -0.05) is 18.2 Å². The van der Waals surface area contributed by atoms with E-state index in [-0.39, 0.29) is 0 Å². The fourth-order valence-electron chi connectivity index (χ4n) is 0.705. The Balaban J connectivity index is 2.70. The van der Waals surface area contributed by atoms with E-state index < -0.39 is 0 Å². The van der Waals surface area contributed by atoms with E-state index in [2.05, 4.69) is 22.7 Å². The summed E-state index contributed by atoms with van der Waals surface area (Å²) in [6.07, 6.45) is 0. The topological polar surface area (TPSA) is 12.4 Å². The molecule has 0 fully saturated rings. The SMILES string of the molecule is CC(C)N=C=Pc1ccccc1. The molecule has 0 unspecified atom stereocenters. The van der Waals surface area contributed by atoms with E-state index in [9.17, 15) is 0 Å². The van der Waals surface area contributed by atoms with Crippen molar-refractivity contribution in [2.45, 2.75) is 19.9 Å². The first-order valence-electron chi connectivity index (χ1n) is 3.99. The molecule has 0 aliphatic rings. The van der Waals surface area contributed by atoms with Gasteiger partial charge in [0.25, 0.3) is 0 Å². The van der Waals surface area contributed by atoms with Crippen LogP contribution < -0.4 is 5.30 Å². The first kappa shape index (κ1) is 9.19. The molecule has 1 rings (SSSR count). The Morgan fingerprint density at radius 2 is 1.92 bits per heavy atom. The Kier molecular flexibility index (Phi) is 3.73. The van der Waals surface area contributed by atoms with Gasteiger partial charge >= 0.3 is 0 Å². The van der Waals surface area contributed by atoms with Crippen LogP contribution in [-0.2, 0) is 0 Å². The van der Waals surface area contributed by atoms with Gasteiger partial charge in [0, 0.05) is 19.1 Å². The maximum atomic E-state index is 4.16. The van der Waals surface area contributed by atoms with E-state index in [0.717, 1.165) is 8.20 Å². The fraction of sp³-hybridized carbons (Fsp3) is 0.300. The molecule has 0 saturated heterocycles. The summed E-state index contributed by atoms with van der Waals surface area (Å²) in [4.78, 5) is 4.16. The van der Waals surface area contributed by atoms with Crippen molar-refractivity contribution in [3.63, 3.8) is 0 Å². The van der Waals surface area contributed by atoms with Crippen LogP contribution >= 0.6 is 8.20 Å².